The molecule has 0 aliphatic heterocycles. The van der Waals surface area contributed by atoms with Gasteiger partial charge in [-0.05, 0) is 13.3 Å². The molecule has 3 N–H and O–H groups in total. The van der Waals surface area contributed by atoms with Gasteiger partial charge in [0.25, 0.3) is 0 Å². The highest BCUT2D eigenvalue weighted by Crippen LogP contribution is 2.08. The largest absolute Gasteiger partial charge is 0.389 e. The Balaban J connectivity index is 3.43. The number of rotatable bonds is 4. The van der Waals surface area contributed by atoms with Crippen LogP contribution in [-0.2, 0) is 0 Å². The Kier molecular flexibility index (Phi) is 3.77. The zero-order valence-corrected chi connectivity index (χ0v) is 6.02. The van der Waals surface area contributed by atoms with E-state index in [4.69, 9.17) is 5.21 Å². The van der Waals surface area contributed by atoms with Gasteiger partial charge in [0.15, 0.2) is 0 Å². The summed E-state index contributed by atoms with van der Waals surface area (Å²) in [6.45, 7) is 3.92. The van der Waals surface area contributed by atoms with Crippen LogP contribution in [0, 0.1) is 0 Å². The van der Waals surface area contributed by atoms with E-state index in [1.807, 2.05) is 12.4 Å². The molecule has 0 fully saturated rings. The average molecular weight is 133 g/mol. The molecule has 0 aliphatic rings. The number of aliphatic hydroxyl groups is 1. The van der Waals surface area contributed by atoms with E-state index in [0.717, 1.165) is 6.42 Å². The highest BCUT2D eigenvalue weighted by atomic mass is 16.5. The van der Waals surface area contributed by atoms with Gasteiger partial charge in [-0.25, -0.2) is 5.48 Å². The third-order valence-corrected chi connectivity index (χ3v) is 1.25. The normalized spacial score (nSPS) is 17.3. The monoisotopic (exact) mass is 133 g/mol. The standard InChI is InChI=1S/C6H15NO2/c1-3-4-6(2,8)5-7-9/h7-9H,3-5H2,1-2H3. The third-order valence-electron chi connectivity index (χ3n) is 1.25. The van der Waals surface area contributed by atoms with Gasteiger partial charge < -0.3 is 10.3 Å². The lowest BCUT2D eigenvalue weighted by molar-refractivity contribution is 0.0107. The Labute approximate surface area is 55.7 Å². The first-order chi connectivity index (χ1) is 4.12. The zero-order chi connectivity index (χ0) is 7.33. The molecule has 0 amide bonds. The maximum absolute atomic E-state index is 9.29. The summed E-state index contributed by atoms with van der Waals surface area (Å²) < 4.78 is 0. The highest BCUT2D eigenvalue weighted by molar-refractivity contribution is 4.71. The molecule has 0 aromatic carbocycles. The Morgan fingerprint density at radius 3 is 2.44 bits per heavy atom. The molecule has 0 aliphatic carbocycles. The number of nitrogens with one attached hydrogen (secondary N) is 1. The van der Waals surface area contributed by atoms with E-state index in [2.05, 4.69) is 0 Å². The molecular weight excluding hydrogens is 118 g/mol. The molecule has 3 heteroatoms. The maximum Gasteiger partial charge on any atom is 0.0766 e. The van der Waals surface area contributed by atoms with E-state index >= 15 is 0 Å². The Hall–Kier alpha value is -0.120. The minimum Gasteiger partial charge on any atom is -0.389 e. The van der Waals surface area contributed by atoms with Gasteiger partial charge in [-0.15, -0.1) is 0 Å². The van der Waals surface area contributed by atoms with Crippen molar-refractivity contribution in [1.29, 1.82) is 0 Å². The second-order valence-electron chi connectivity index (χ2n) is 2.58. The predicted octanol–water partition coefficient (Wildman–Crippen LogP) is 0.516. The molecule has 0 saturated carbocycles. The summed E-state index contributed by atoms with van der Waals surface area (Å²) in [4.78, 5) is 0. The first-order valence-corrected chi connectivity index (χ1v) is 3.21. The number of hydrogen-bond acceptors (Lipinski definition) is 3. The molecule has 0 rings (SSSR count). The van der Waals surface area contributed by atoms with Crippen molar-refractivity contribution in [3.05, 3.63) is 0 Å². The summed E-state index contributed by atoms with van der Waals surface area (Å²) in [7, 11) is 0. The lowest BCUT2D eigenvalue weighted by atomic mass is 10.0. The van der Waals surface area contributed by atoms with Crippen LogP contribution >= 0.6 is 0 Å². The second-order valence-corrected chi connectivity index (χ2v) is 2.58. The van der Waals surface area contributed by atoms with E-state index in [0.29, 0.717) is 6.42 Å². The summed E-state index contributed by atoms with van der Waals surface area (Å²) >= 11 is 0. The van der Waals surface area contributed by atoms with Crippen LogP contribution in [0.4, 0.5) is 0 Å². The number of hydroxylamine groups is 1. The summed E-state index contributed by atoms with van der Waals surface area (Å²) in [5.74, 6) is 0. The van der Waals surface area contributed by atoms with Crippen LogP contribution in [0.5, 0.6) is 0 Å². The summed E-state index contributed by atoms with van der Waals surface area (Å²) in [5.41, 5.74) is 1.18. The maximum atomic E-state index is 9.29. The molecular formula is C6H15NO2. The van der Waals surface area contributed by atoms with Crippen molar-refractivity contribution in [3.63, 3.8) is 0 Å². The van der Waals surface area contributed by atoms with Crippen LogP contribution in [0.15, 0.2) is 0 Å². The van der Waals surface area contributed by atoms with Crippen molar-refractivity contribution in [2.24, 2.45) is 0 Å². The topological polar surface area (TPSA) is 52.5 Å². The summed E-state index contributed by atoms with van der Waals surface area (Å²) in [6.07, 6.45) is 1.63. The fourth-order valence-electron chi connectivity index (χ4n) is 0.797. The van der Waals surface area contributed by atoms with E-state index in [1.165, 1.54) is 0 Å². The first-order valence-electron chi connectivity index (χ1n) is 3.21. The van der Waals surface area contributed by atoms with Crippen LogP contribution in [-0.4, -0.2) is 22.5 Å². The molecule has 0 spiro atoms. The van der Waals surface area contributed by atoms with Gasteiger partial charge in [-0.1, -0.05) is 13.3 Å². The third kappa shape index (κ3) is 4.39. The second kappa shape index (κ2) is 3.82. The van der Waals surface area contributed by atoms with Crippen molar-refractivity contribution < 1.29 is 10.3 Å². The fourth-order valence-corrected chi connectivity index (χ4v) is 0.797. The van der Waals surface area contributed by atoms with E-state index < -0.39 is 5.60 Å². The summed E-state index contributed by atoms with van der Waals surface area (Å²) in [6, 6.07) is 0. The molecule has 0 aromatic heterocycles. The lowest BCUT2D eigenvalue weighted by Gasteiger charge is -2.20. The Bertz CT molecular complexity index is 65.5. The highest BCUT2D eigenvalue weighted by Gasteiger charge is 2.17. The zero-order valence-electron chi connectivity index (χ0n) is 6.02. The van der Waals surface area contributed by atoms with Crippen molar-refractivity contribution in [1.82, 2.24) is 5.48 Å². The molecule has 0 heterocycles. The van der Waals surface area contributed by atoms with Gasteiger partial charge in [0, 0.05) is 6.54 Å². The number of hydrogen-bond donors (Lipinski definition) is 3. The molecule has 1 atom stereocenters. The van der Waals surface area contributed by atoms with Crippen molar-refractivity contribution >= 4 is 0 Å². The van der Waals surface area contributed by atoms with Crippen molar-refractivity contribution in [3.8, 4) is 0 Å². The first kappa shape index (κ1) is 8.88. The van der Waals surface area contributed by atoms with Gasteiger partial charge in [0.2, 0.25) is 0 Å². The predicted molar refractivity (Wildman–Crippen MR) is 35.3 cm³/mol. The smallest absolute Gasteiger partial charge is 0.0766 e. The minimum absolute atomic E-state index is 0.237. The molecule has 0 aromatic rings. The quantitative estimate of drug-likeness (QED) is 0.490. The molecule has 1 unspecified atom stereocenters. The lowest BCUT2D eigenvalue weighted by Crippen LogP contribution is -2.36. The molecule has 3 nitrogen and oxygen atoms in total. The van der Waals surface area contributed by atoms with Crippen LogP contribution < -0.4 is 5.48 Å². The van der Waals surface area contributed by atoms with Crippen LogP contribution in [0.3, 0.4) is 0 Å². The van der Waals surface area contributed by atoms with E-state index in [9.17, 15) is 5.11 Å². The molecule has 56 valence electrons. The minimum atomic E-state index is -0.760. The van der Waals surface area contributed by atoms with Gasteiger partial charge >= 0.3 is 0 Å². The Morgan fingerprint density at radius 2 is 2.11 bits per heavy atom. The van der Waals surface area contributed by atoms with Crippen molar-refractivity contribution in [2.45, 2.75) is 32.3 Å². The van der Waals surface area contributed by atoms with Gasteiger partial charge in [-0.2, -0.15) is 0 Å². The Morgan fingerprint density at radius 1 is 1.56 bits per heavy atom. The van der Waals surface area contributed by atoms with E-state index in [1.54, 1.807) is 6.92 Å². The van der Waals surface area contributed by atoms with Crippen LogP contribution in [0.25, 0.3) is 0 Å². The molecule has 0 radical (unpaired) electrons. The average Bonchev–Trinajstić information content (AvgIpc) is 1.64. The summed E-state index contributed by atoms with van der Waals surface area (Å²) in [5, 5.41) is 17.5. The fraction of sp³-hybridized carbons (Fsp3) is 1.00. The van der Waals surface area contributed by atoms with Crippen LogP contribution in [0.2, 0.25) is 0 Å². The van der Waals surface area contributed by atoms with Gasteiger partial charge in [0.05, 0.1) is 5.60 Å². The van der Waals surface area contributed by atoms with E-state index in [-0.39, 0.29) is 6.54 Å². The molecule has 0 saturated heterocycles. The SMILES string of the molecule is CCCC(C)(O)CNO. The molecule has 9 heavy (non-hydrogen) atoms. The van der Waals surface area contributed by atoms with Crippen molar-refractivity contribution in [2.75, 3.05) is 6.54 Å². The van der Waals surface area contributed by atoms with Crippen LogP contribution in [0.1, 0.15) is 26.7 Å². The van der Waals surface area contributed by atoms with Gasteiger partial charge in [-0.3, -0.25) is 0 Å². The molecule has 0 bridgehead atoms. The van der Waals surface area contributed by atoms with Gasteiger partial charge in [0.1, 0.15) is 0 Å².